The molecule has 0 aromatic heterocycles. The van der Waals surface area contributed by atoms with Crippen molar-refractivity contribution in [1.29, 1.82) is 0 Å². The van der Waals surface area contributed by atoms with Crippen LogP contribution in [-0.2, 0) is 11.2 Å². The van der Waals surface area contributed by atoms with Crippen molar-refractivity contribution in [2.75, 3.05) is 6.54 Å². The van der Waals surface area contributed by atoms with Gasteiger partial charge in [0.1, 0.15) is 11.6 Å². The quantitative estimate of drug-likeness (QED) is 0.802. The SMILES string of the molecule is CCNC(C)CC(=O)Cc1ccc(F)cc1. The number of hydrogen-bond donors (Lipinski definition) is 1. The molecular formula is C13H18FNO. The van der Waals surface area contributed by atoms with Gasteiger partial charge in [0.15, 0.2) is 0 Å². The minimum atomic E-state index is -0.266. The average Bonchev–Trinajstić information content (AvgIpc) is 2.21. The van der Waals surface area contributed by atoms with Crippen molar-refractivity contribution in [1.82, 2.24) is 5.32 Å². The normalized spacial score (nSPS) is 12.4. The van der Waals surface area contributed by atoms with Gasteiger partial charge in [-0.15, -0.1) is 0 Å². The minimum Gasteiger partial charge on any atom is -0.314 e. The molecule has 1 aromatic rings. The largest absolute Gasteiger partial charge is 0.314 e. The summed E-state index contributed by atoms with van der Waals surface area (Å²) in [6, 6.07) is 6.29. The van der Waals surface area contributed by atoms with Crippen LogP contribution in [0.1, 0.15) is 25.8 Å². The van der Waals surface area contributed by atoms with E-state index in [9.17, 15) is 9.18 Å². The Morgan fingerprint density at radius 2 is 2.00 bits per heavy atom. The van der Waals surface area contributed by atoms with Crippen LogP contribution in [0.3, 0.4) is 0 Å². The van der Waals surface area contributed by atoms with Gasteiger partial charge in [0.05, 0.1) is 0 Å². The van der Waals surface area contributed by atoms with Gasteiger partial charge in [-0.05, 0) is 31.2 Å². The van der Waals surface area contributed by atoms with Crippen LogP contribution in [0.15, 0.2) is 24.3 Å². The van der Waals surface area contributed by atoms with Crippen molar-refractivity contribution < 1.29 is 9.18 Å². The number of ketones is 1. The van der Waals surface area contributed by atoms with Crippen LogP contribution in [0.2, 0.25) is 0 Å². The molecule has 1 N–H and O–H groups in total. The summed E-state index contributed by atoms with van der Waals surface area (Å²) < 4.78 is 12.6. The Morgan fingerprint density at radius 3 is 2.56 bits per heavy atom. The maximum atomic E-state index is 12.6. The lowest BCUT2D eigenvalue weighted by atomic mass is 10.0. The third-order valence-electron chi connectivity index (χ3n) is 2.40. The molecule has 0 amide bonds. The monoisotopic (exact) mass is 223 g/mol. The van der Waals surface area contributed by atoms with Crippen LogP contribution in [-0.4, -0.2) is 18.4 Å². The fraction of sp³-hybridized carbons (Fsp3) is 0.462. The van der Waals surface area contributed by atoms with E-state index in [1.54, 1.807) is 12.1 Å². The molecule has 2 nitrogen and oxygen atoms in total. The lowest BCUT2D eigenvalue weighted by Crippen LogP contribution is -2.28. The molecule has 0 radical (unpaired) electrons. The van der Waals surface area contributed by atoms with E-state index in [2.05, 4.69) is 5.32 Å². The highest BCUT2D eigenvalue weighted by atomic mass is 19.1. The van der Waals surface area contributed by atoms with Crippen molar-refractivity contribution >= 4 is 5.78 Å². The Labute approximate surface area is 95.9 Å². The summed E-state index contributed by atoms with van der Waals surface area (Å²) in [6.45, 7) is 4.87. The summed E-state index contributed by atoms with van der Waals surface area (Å²) in [5.41, 5.74) is 0.870. The van der Waals surface area contributed by atoms with E-state index in [0.29, 0.717) is 12.8 Å². The summed E-state index contributed by atoms with van der Waals surface area (Å²) in [5, 5.41) is 3.19. The topological polar surface area (TPSA) is 29.1 Å². The fourth-order valence-electron chi connectivity index (χ4n) is 1.66. The number of rotatable bonds is 6. The summed E-state index contributed by atoms with van der Waals surface area (Å²) in [6.07, 6.45) is 0.904. The molecule has 0 bridgehead atoms. The zero-order chi connectivity index (χ0) is 12.0. The number of nitrogens with one attached hydrogen (secondary N) is 1. The van der Waals surface area contributed by atoms with Crippen molar-refractivity contribution in [3.8, 4) is 0 Å². The van der Waals surface area contributed by atoms with Crippen LogP contribution in [0.25, 0.3) is 0 Å². The molecule has 1 unspecified atom stereocenters. The van der Waals surface area contributed by atoms with E-state index in [4.69, 9.17) is 0 Å². The third kappa shape index (κ3) is 4.53. The Balaban J connectivity index is 2.42. The standard InChI is InChI=1S/C13H18FNO/c1-3-15-10(2)8-13(16)9-11-4-6-12(14)7-5-11/h4-7,10,15H,3,8-9H2,1-2H3. The molecule has 0 aliphatic rings. The minimum absolute atomic E-state index is 0.181. The smallest absolute Gasteiger partial charge is 0.138 e. The molecule has 1 rings (SSSR count). The first-order chi connectivity index (χ1) is 7.61. The fourth-order valence-corrected chi connectivity index (χ4v) is 1.66. The van der Waals surface area contributed by atoms with E-state index in [-0.39, 0.29) is 17.6 Å². The number of halogens is 1. The maximum Gasteiger partial charge on any atom is 0.138 e. The summed E-state index contributed by atoms with van der Waals surface area (Å²) >= 11 is 0. The van der Waals surface area contributed by atoms with Gasteiger partial charge in [0, 0.05) is 18.9 Å². The van der Waals surface area contributed by atoms with Crippen molar-refractivity contribution in [3.05, 3.63) is 35.6 Å². The summed E-state index contributed by atoms with van der Waals surface area (Å²) in [5.74, 6) is -0.0859. The van der Waals surface area contributed by atoms with Gasteiger partial charge in [0.25, 0.3) is 0 Å². The molecule has 3 heteroatoms. The van der Waals surface area contributed by atoms with Gasteiger partial charge < -0.3 is 5.32 Å². The predicted octanol–water partition coefficient (Wildman–Crippen LogP) is 2.33. The second-order valence-corrected chi connectivity index (χ2v) is 4.00. The maximum absolute atomic E-state index is 12.6. The van der Waals surface area contributed by atoms with Crippen LogP contribution in [0.4, 0.5) is 4.39 Å². The van der Waals surface area contributed by atoms with Crippen LogP contribution in [0.5, 0.6) is 0 Å². The lowest BCUT2D eigenvalue weighted by Gasteiger charge is -2.10. The van der Waals surface area contributed by atoms with E-state index >= 15 is 0 Å². The van der Waals surface area contributed by atoms with E-state index in [1.165, 1.54) is 12.1 Å². The Bertz CT molecular complexity index is 334. The highest BCUT2D eigenvalue weighted by Gasteiger charge is 2.08. The zero-order valence-corrected chi connectivity index (χ0v) is 9.79. The Kier molecular flexibility index (Phi) is 5.12. The second kappa shape index (κ2) is 6.38. The molecule has 0 heterocycles. The van der Waals surface area contributed by atoms with Gasteiger partial charge in [-0.3, -0.25) is 4.79 Å². The molecule has 0 aliphatic heterocycles. The second-order valence-electron chi connectivity index (χ2n) is 4.00. The molecule has 0 fully saturated rings. The van der Waals surface area contributed by atoms with Gasteiger partial charge in [-0.2, -0.15) is 0 Å². The van der Waals surface area contributed by atoms with E-state index in [0.717, 1.165) is 12.1 Å². The van der Waals surface area contributed by atoms with Crippen LogP contribution < -0.4 is 5.32 Å². The highest BCUT2D eigenvalue weighted by Crippen LogP contribution is 2.06. The molecule has 0 aliphatic carbocycles. The zero-order valence-electron chi connectivity index (χ0n) is 9.79. The first-order valence-corrected chi connectivity index (χ1v) is 5.61. The van der Waals surface area contributed by atoms with Gasteiger partial charge in [-0.25, -0.2) is 4.39 Å². The first-order valence-electron chi connectivity index (χ1n) is 5.61. The summed E-state index contributed by atoms with van der Waals surface area (Å²) in [7, 11) is 0. The van der Waals surface area contributed by atoms with Gasteiger partial charge in [0.2, 0.25) is 0 Å². The molecule has 0 spiro atoms. The first kappa shape index (κ1) is 12.8. The van der Waals surface area contributed by atoms with Crippen LogP contribution in [0, 0.1) is 5.82 Å². The molecule has 1 aromatic carbocycles. The molecule has 0 saturated carbocycles. The Morgan fingerprint density at radius 1 is 1.38 bits per heavy atom. The van der Waals surface area contributed by atoms with Gasteiger partial charge >= 0.3 is 0 Å². The van der Waals surface area contributed by atoms with E-state index < -0.39 is 0 Å². The number of benzene rings is 1. The molecule has 88 valence electrons. The number of carbonyl (C=O) groups is 1. The Hall–Kier alpha value is -1.22. The molecule has 0 saturated heterocycles. The van der Waals surface area contributed by atoms with Crippen LogP contribution >= 0.6 is 0 Å². The number of Topliss-reactive ketones (excluding diaryl/α,β-unsaturated/α-hetero) is 1. The van der Waals surface area contributed by atoms with Crippen molar-refractivity contribution in [2.45, 2.75) is 32.7 Å². The van der Waals surface area contributed by atoms with E-state index in [1.807, 2.05) is 13.8 Å². The predicted molar refractivity (Wildman–Crippen MR) is 62.9 cm³/mol. The summed E-state index contributed by atoms with van der Waals surface area (Å²) in [4.78, 5) is 11.6. The molecule has 16 heavy (non-hydrogen) atoms. The average molecular weight is 223 g/mol. The van der Waals surface area contributed by atoms with Gasteiger partial charge in [-0.1, -0.05) is 19.1 Å². The van der Waals surface area contributed by atoms with Crippen molar-refractivity contribution in [3.63, 3.8) is 0 Å². The highest BCUT2D eigenvalue weighted by molar-refractivity contribution is 5.81. The lowest BCUT2D eigenvalue weighted by molar-refractivity contribution is -0.118. The molecular weight excluding hydrogens is 205 g/mol. The number of hydrogen-bond acceptors (Lipinski definition) is 2. The number of carbonyl (C=O) groups excluding carboxylic acids is 1. The van der Waals surface area contributed by atoms with Crippen molar-refractivity contribution in [2.24, 2.45) is 0 Å². The third-order valence-corrected chi connectivity index (χ3v) is 2.40. The molecule has 1 atom stereocenters.